The van der Waals surface area contributed by atoms with E-state index in [0.29, 0.717) is 16.7 Å². The molecule has 0 saturated carbocycles. The summed E-state index contributed by atoms with van der Waals surface area (Å²) in [7, 11) is -3.90. The number of hydrogen-bond acceptors (Lipinski definition) is 7. The van der Waals surface area contributed by atoms with Crippen molar-refractivity contribution in [2.24, 2.45) is 0 Å². The van der Waals surface area contributed by atoms with Gasteiger partial charge in [0.05, 0.1) is 10.9 Å². The quantitative estimate of drug-likeness (QED) is 0.150. The van der Waals surface area contributed by atoms with E-state index < -0.39 is 27.8 Å². The highest BCUT2D eigenvalue weighted by atomic mass is 32.2. The average molecular weight is 707 g/mol. The summed E-state index contributed by atoms with van der Waals surface area (Å²) < 4.78 is 33.8. The van der Waals surface area contributed by atoms with Crippen LogP contribution in [0.1, 0.15) is 41.6 Å². The van der Waals surface area contributed by atoms with Gasteiger partial charge in [-0.1, -0.05) is 78.4 Å². The number of amides is 2. The second-order valence-corrected chi connectivity index (χ2v) is 15.7. The second kappa shape index (κ2) is 14.3. The van der Waals surface area contributed by atoms with Gasteiger partial charge >= 0.3 is 6.09 Å². The van der Waals surface area contributed by atoms with E-state index in [9.17, 15) is 18.0 Å². The highest BCUT2D eigenvalue weighted by Crippen LogP contribution is 2.42. The van der Waals surface area contributed by atoms with Crippen molar-refractivity contribution >= 4 is 44.4 Å². The van der Waals surface area contributed by atoms with Gasteiger partial charge in [-0.15, -0.1) is 11.3 Å². The van der Waals surface area contributed by atoms with E-state index in [4.69, 9.17) is 4.74 Å². The molecular weight excluding hydrogens is 669 g/mol. The molecule has 2 N–H and O–H groups in total. The first-order valence-electron chi connectivity index (χ1n) is 16.2. The molecular formula is C39H38N4O5S2. The first-order chi connectivity index (χ1) is 23.9. The molecule has 256 valence electrons. The number of carbonyl (C=O) groups is 2. The highest BCUT2D eigenvalue weighted by Gasteiger charge is 2.26. The largest absolute Gasteiger partial charge is 0.444 e. The maximum absolute atomic E-state index is 14.2. The lowest BCUT2D eigenvalue weighted by Gasteiger charge is -2.23. The number of ether oxygens (including phenoxy) is 1. The zero-order valence-corrected chi connectivity index (χ0v) is 29.8. The third-order valence-corrected chi connectivity index (χ3v) is 10.7. The molecule has 3 heterocycles. The summed E-state index contributed by atoms with van der Waals surface area (Å²) >= 11 is 1.31. The Morgan fingerprint density at radius 3 is 2.26 bits per heavy atom. The maximum atomic E-state index is 14.2. The minimum atomic E-state index is -3.90. The number of pyridine rings is 1. The van der Waals surface area contributed by atoms with Crippen molar-refractivity contribution in [3.8, 4) is 22.3 Å². The van der Waals surface area contributed by atoms with Crippen LogP contribution < -0.4 is 10.6 Å². The number of benzene rings is 3. The van der Waals surface area contributed by atoms with E-state index in [1.54, 1.807) is 63.4 Å². The predicted molar refractivity (Wildman–Crippen MR) is 198 cm³/mol. The Labute approximate surface area is 296 Å². The van der Waals surface area contributed by atoms with Crippen molar-refractivity contribution in [3.63, 3.8) is 0 Å². The Morgan fingerprint density at radius 1 is 0.900 bits per heavy atom. The number of aromatic nitrogens is 2. The minimum absolute atomic E-state index is 0.155. The molecule has 9 nitrogen and oxygen atoms in total. The Hall–Kier alpha value is -5.26. The first-order valence-corrected chi connectivity index (χ1v) is 18.5. The fourth-order valence-electron chi connectivity index (χ4n) is 5.72. The van der Waals surface area contributed by atoms with Gasteiger partial charge < -0.3 is 15.4 Å². The van der Waals surface area contributed by atoms with Crippen molar-refractivity contribution in [2.75, 3.05) is 6.54 Å². The van der Waals surface area contributed by atoms with E-state index in [-0.39, 0.29) is 23.0 Å². The Morgan fingerprint density at radius 2 is 1.58 bits per heavy atom. The van der Waals surface area contributed by atoms with E-state index >= 15 is 0 Å². The van der Waals surface area contributed by atoms with Crippen molar-refractivity contribution in [2.45, 2.75) is 50.7 Å². The van der Waals surface area contributed by atoms with Gasteiger partial charge in [0.1, 0.15) is 10.5 Å². The number of aryl methyl sites for hydroxylation is 1. The fourth-order valence-corrected chi connectivity index (χ4v) is 8.04. The number of nitrogens with zero attached hydrogens (tertiary/aromatic N) is 2. The van der Waals surface area contributed by atoms with Crippen molar-refractivity contribution < 1.29 is 22.7 Å². The number of alkyl carbamates (subject to hydrolysis) is 1. The van der Waals surface area contributed by atoms with Crippen molar-refractivity contribution in [3.05, 3.63) is 131 Å². The van der Waals surface area contributed by atoms with Gasteiger partial charge in [0.2, 0.25) is 0 Å². The summed E-state index contributed by atoms with van der Waals surface area (Å²) in [6.45, 7) is 7.54. The van der Waals surface area contributed by atoms with Crippen LogP contribution in [-0.4, -0.2) is 47.6 Å². The first kappa shape index (κ1) is 34.6. The van der Waals surface area contributed by atoms with Gasteiger partial charge in [-0.25, -0.2) is 22.2 Å². The monoisotopic (exact) mass is 706 g/mol. The van der Waals surface area contributed by atoms with Crippen molar-refractivity contribution in [1.82, 2.24) is 19.6 Å². The van der Waals surface area contributed by atoms with E-state index in [1.165, 1.54) is 21.5 Å². The molecule has 50 heavy (non-hydrogen) atoms. The number of carbonyl (C=O) groups excluding carboxylic acids is 2. The summed E-state index contributed by atoms with van der Waals surface area (Å²) in [6.07, 6.45) is 3.02. The van der Waals surface area contributed by atoms with Crippen LogP contribution in [0.3, 0.4) is 0 Å². The lowest BCUT2D eigenvalue weighted by Crippen LogP contribution is -2.46. The summed E-state index contributed by atoms with van der Waals surface area (Å²) in [6, 6.07) is 29.1. The predicted octanol–water partition coefficient (Wildman–Crippen LogP) is 7.84. The molecule has 0 bridgehead atoms. The van der Waals surface area contributed by atoms with Crippen molar-refractivity contribution in [1.29, 1.82) is 0 Å². The van der Waals surface area contributed by atoms with Crippen LogP contribution in [0.25, 0.3) is 33.3 Å². The molecule has 0 aliphatic rings. The third kappa shape index (κ3) is 7.64. The third-order valence-electron chi connectivity index (χ3n) is 8.03. The zero-order valence-electron chi connectivity index (χ0n) is 28.2. The second-order valence-electron chi connectivity index (χ2n) is 13.0. The lowest BCUT2D eigenvalue weighted by molar-refractivity contribution is 0.0519. The molecule has 0 radical (unpaired) electrons. The normalized spacial score (nSPS) is 12.4. The van der Waals surface area contributed by atoms with Crippen LogP contribution in [0.15, 0.2) is 120 Å². The highest BCUT2D eigenvalue weighted by molar-refractivity contribution is 7.90. The molecule has 6 rings (SSSR count). The minimum Gasteiger partial charge on any atom is -0.444 e. The molecule has 6 aromatic rings. The topological polar surface area (TPSA) is 119 Å². The molecule has 11 heteroatoms. The molecule has 3 aromatic heterocycles. The van der Waals surface area contributed by atoms with E-state index in [1.807, 2.05) is 73.0 Å². The van der Waals surface area contributed by atoms with Crippen LogP contribution in [-0.2, 0) is 21.2 Å². The van der Waals surface area contributed by atoms with Crippen LogP contribution in [0, 0.1) is 6.92 Å². The molecule has 3 aromatic carbocycles. The number of fused-ring (bicyclic) bond motifs is 1. The summed E-state index contributed by atoms with van der Waals surface area (Å²) in [5.41, 5.74) is 4.78. The molecule has 0 spiro atoms. The van der Waals surface area contributed by atoms with Crippen LogP contribution >= 0.6 is 11.3 Å². The number of rotatable bonds is 10. The molecule has 0 aliphatic carbocycles. The summed E-state index contributed by atoms with van der Waals surface area (Å²) in [5, 5.41) is 8.54. The summed E-state index contributed by atoms with van der Waals surface area (Å²) in [5.74, 6) is -0.293. The molecule has 1 unspecified atom stereocenters. The van der Waals surface area contributed by atoms with Crippen LogP contribution in [0.5, 0.6) is 0 Å². The van der Waals surface area contributed by atoms with Gasteiger partial charge in [0, 0.05) is 40.8 Å². The van der Waals surface area contributed by atoms with Crippen LogP contribution in [0.2, 0.25) is 0 Å². The average Bonchev–Trinajstić information content (AvgIpc) is 3.74. The lowest BCUT2D eigenvalue weighted by atomic mass is 9.95. The zero-order chi connectivity index (χ0) is 35.5. The Balaban J connectivity index is 1.39. The standard InChI is InChI=1S/C39H38N4O5S2/c1-26-15-17-28(18-16-26)34-33(31-19-21-40-36-32(31)20-22-43(36)50(46,47)30-13-9-6-10-14-30)25-49-35(34)37(44)42-29(23-27-11-7-5-8-12-27)24-41-38(45)48-39(2,3)4/h5-22,25,29H,23-24H2,1-4H3,(H,41,45)(H,42,44). The van der Waals surface area contributed by atoms with Gasteiger partial charge in [-0.2, -0.15) is 0 Å². The Kier molecular flexibility index (Phi) is 9.90. The van der Waals surface area contributed by atoms with Gasteiger partial charge in [0.15, 0.2) is 5.65 Å². The SMILES string of the molecule is Cc1ccc(-c2c(-c3ccnc4c3ccn4S(=O)(=O)c3ccccc3)csc2C(=O)NC(CNC(=O)OC(C)(C)C)Cc2ccccc2)cc1. The molecule has 2 amide bonds. The van der Waals surface area contributed by atoms with Gasteiger partial charge in [-0.05, 0) is 75.1 Å². The molecule has 0 fully saturated rings. The van der Waals surface area contributed by atoms with Gasteiger partial charge in [0.25, 0.3) is 15.9 Å². The number of nitrogens with one attached hydrogen (secondary N) is 2. The smallest absolute Gasteiger partial charge is 0.407 e. The maximum Gasteiger partial charge on any atom is 0.407 e. The number of thiophene rings is 1. The Bertz CT molecular complexity index is 2240. The van der Waals surface area contributed by atoms with Gasteiger partial charge in [-0.3, -0.25) is 4.79 Å². The molecule has 1 atom stereocenters. The van der Waals surface area contributed by atoms with E-state index in [2.05, 4.69) is 15.6 Å². The fraction of sp³-hybridized carbons (Fsp3) is 0.205. The number of hydrogen-bond donors (Lipinski definition) is 2. The molecule has 0 saturated heterocycles. The van der Waals surface area contributed by atoms with Crippen LogP contribution in [0.4, 0.5) is 4.79 Å². The summed E-state index contributed by atoms with van der Waals surface area (Å²) in [4.78, 5) is 31.9. The van der Waals surface area contributed by atoms with E-state index in [0.717, 1.165) is 33.4 Å². The molecule has 0 aliphatic heterocycles.